The standard InChI is InChI=1S/C27H31Br2NO5/c1-27(13-7-11-17-10-6-12-19(22(17)27)16-8-4-3-5-9-16)35-26(32)21(30-33)15-18-14-20(28)25(34-2)23(29)24(18)31/h3-5,8-9,14,17,19,22,31,33H,6-7,10-13,15H2,1-2H3/b30-21+/t17-,19+,22-,27+/m1/s1. The number of esters is 1. The zero-order valence-corrected chi connectivity index (χ0v) is 23.1. The molecule has 0 radical (unpaired) electrons. The minimum Gasteiger partial charge on any atom is -0.506 e. The van der Waals surface area contributed by atoms with Crippen LogP contribution in [0.2, 0.25) is 0 Å². The number of nitrogens with zero attached hydrogens (tertiary/aromatic N) is 1. The molecule has 2 aromatic rings. The van der Waals surface area contributed by atoms with Gasteiger partial charge in [-0.15, -0.1) is 0 Å². The molecule has 0 saturated heterocycles. The fourth-order valence-corrected chi connectivity index (χ4v) is 7.70. The summed E-state index contributed by atoms with van der Waals surface area (Å²) < 4.78 is 12.4. The number of fused-ring (bicyclic) bond motifs is 1. The van der Waals surface area contributed by atoms with E-state index in [0.717, 1.165) is 32.1 Å². The Morgan fingerprint density at radius 2 is 1.89 bits per heavy atom. The maximum atomic E-state index is 13.3. The molecule has 0 heterocycles. The van der Waals surface area contributed by atoms with Crippen LogP contribution in [0.1, 0.15) is 62.5 Å². The first-order valence-electron chi connectivity index (χ1n) is 12.0. The molecule has 188 valence electrons. The normalized spacial score (nSPS) is 26.6. The first kappa shape index (κ1) is 26.0. The predicted molar refractivity (Wildman–Crippen MR) is 141 cm³/mol. The second-order valence-corrected chi connectivity index (χ2v) is 11.4. The van der Waals surface area contributed by atoms with Gasteiger partial charge in [-0.25, -0.2) is 4.79 Å². The number of hydrogen-bond donors (Lipinski definition) is 2. The SMILES string of the molecule is COc1c(Br)cc(C/C(=N\O)C(=O)O[C@@]2(C)CCC[C@H]3CCC[C@@H](c4ccccc4)[C@@H]32)c(O)c1Br. The van der Waals surface area contributed by atoms with Crippen LogP contribution in [0.25, 0.3) is 0 Å². The van der Waals surface area contributed by atoms with E-state index >= 15 is 0 Å². The van der Waals surface area contributed by atoms with Crippen LogP contribution >= 0.6 is 31.9 Å². The van der Waals surface area contributed by atoms with Gasteiger partial charge in [-0.1, -0.05) is 41.9 Å². The van der Waals surface area contributed by atoms with Crippen molar-refractivity contribution in [2.75, 3.05) is 7.11 Å². The summed E-state index contributed by atoms with van der Waals surface area (Å²) in [5.74, 6) is 0.706. The van der Waals surface area contributed by atoms with Gasteiger partial charge in [-0.05, 0) is 94.4 Å². The average Bonchev–Trinajstić information content (AvgIpc) is 2.85. The Bertz CT molecular complexity index is 1100. The van der Waals surface area contributed by atoms with E-state index in [4.69, 9.17) is 9.47 Å². The van der Waals surface area contributed by atoms with Crippen molar-refractivity contribution in [3.05, 3.63) is 56.5 Å². The van der Waals surface area contributed by atoms with Crippen molar-refractivity contribution >= 4 is 43.5 Å². The fraction of sp³-hybridized carbons (Fsp3) is 0.481. The number of methoxy groups -OCH3 is 1. The van der Waals surface area contributed by atoms with Gasteiger partial charge >= 0.3 is 5.97 Å². The van der Waals surface area contributed by atoms with Crippen molar-refractivity contribution in [2.24, 2.45) is 17.0 Å². The molecule has 2 saturated carbocycles. The summed E-state index contributed by atoms with van der Waals surface area (Å²) in [6, 6.07) is 12.2. The maximum absolute atomic E-state index is 13.3. The largest absolute Gasteiger partial charge is 0.506 e. The van der Waals surface area contributed by atoms with E-state index in [0.29, 0.717) is 32.1 Å². The van der Waals surface area contributed by atoms with Crippen LogP contribution in [-0.4, -0.2) is 34.7 Å². The molecule has 2 aliphatic rings. The molecule has 35 heavy (non-hydrogen) atoms. The smallest absolute Gasteiger partial charge is 0.357 e. The van der Waals surface area contributed by atoms with Crippen LogP contribution in [-0.2, 0) is 16.0 Å². The molecule has 0 bridgehead atoms. The lowest BCUT2D eigenvalue weighted by atomic mass is 9.58. The van der Waals surface area contributed by atoms with Gasteiger partial charge in [0.25, 0.3) is 0 Å². The number of carbonyl (C=O) groups is 1. The van der Waals surface area contributed by atoms with Crippen LogP contribution in [0.4, 0.5) is 0 Å². The maximum Gasteiger partial charge on any atom is 0.357 e. The Kier molecular flexibility index (Phi) is 8.11. The topological polar surface area (TPSA) is 88.4 Å². The number of oxime groups is 1. The minimum atomic E-state index is -0.667. The number of benzene rings is 2. The molecule has 0 amide bonds. The van der Waals surface area contributed by atoms with Gasteiger partial charge < -0.3 is 19.8 Å². The Labute approximate surface area is 223 Å². The quantitative estimate of drug-likeness (QED) is 0.160. The van der Waals surface area contributed by atoms with Gasteiger partial charge in [0.15, 0.2) is 11.5 Å². The Hall–Kier alpha value is -2.06. The first-order valence-corrected chi connectivity index (χ1v) is 13.6. The lowest BCUT2D eigenvalue weighted by Crippen LogP contribution is -2.51. The van der Waals surface area contributed by atoms with Crippen LogP contribution in [0.5, 0.6) is 11.5 Å². The zero-order valence-electron chi connectivity index (χ0n) is 20.0. The lowest BCUT2D eigenvalue weighted by Gasteiger charge is -2.51. The van der Waals surface area contributed by atoms with E-state index in [-0.39, 0.29) is 23.8 Å². The van der Waals surface area contributed by atoms with Gasteiger partial charge in [0.1, 0.15) is 15.8 Å². The molecule has 2 fully saturated rings. The Balaban J connectivity index is 1.58. The molecular weight excluding hydrogens is 578 g/mol. The molecule has 2 aliphatic carbocycles. The van der Waals surface area contributed by atoms with Crippen LogP contribution < -0.4 is 4.74 Å². The average molecular weight is 609 g/mol. The molecule has 0 spiro atoms. The van der Waals surface area contributed by atoms with Crippen LogP contribution in [0.15, 0.2) is 50.5 Å². The van der Waals surface area contributed by atoms with E-state index in [1.54, 1.807) is 6.07 Å². The summed E-state index contributed by atoms with van der Waals surface area (Å²) in [4.78, 5) is 13.3. The van der Waals surface area contributed by atoms with Gasteiger partial charge in [0.05, 0.1) is 11.6 Å². The third-order valence-corrected chi connectivity index (χ3v) is 9.01. The lowest BCUT2D eigenvalue weighted by molar-refractivity contribution is -0.167. The molecule has 0 aromatic heterocycles. The highest BCUT2D eigenvalue weighted by Crippen LogP contribution is 2.54. The molecule has 8 heteroatoms. The van der Waals surface area contributed by atoms with E-state index in [1.165, 1.54) is 19.1 Å². The molecular formula is C27H31Br2NO5. The number of aromatic hydroxyl groups is 1. The van der Waals surface area contributed by atoms with Crippen molar-refractivity contribution in [3.8, 4) is 11.5 Å². The number of rotatable bonds is 6. The molecule has 6 nitrogen and oxygen atoms in total. The molecule has 2 N–H and O–H groups in total. The van der Waals surface area contributed by atoms with Gasteiger partial charge in [-0.2, -0.15) is 0 Å². The summed E-state index contributed by atoms with van der Waals surface area (Å²) in [6.45, 7) is 2.04. The van der Waals surface area contributed by atoms with Crippen LogP contribution in [0, 0.1) is 11.8 Å². The van der Waals surface area contributed by atoms with E-state index in [1.807, 2.05) is 13.0 Å². The summed E-state index contributed by atoms with van der Waals surface area (Å²) in [7, 11) is 1.49. The Morgan fingerprint density at radius 3 is 2.57 bits per heavy atom. The third-order valence-electron chi connectivity index (χ3n) is 7.69. The molecule has 2 aromatic carbocycles. The van der Waals surface area contributed by atoms with E-state index in [9.17, 15) is 15.1 Å². The van der Waals surface area contributed by atoms with Crippen molar-refractivity contribution in [2.45, 2.75) is 63.4 Å². The predicted octanol–water partition coefficient (Wildman–Crippen LogP) is 6.98. The summed E-state index contributed by atoms with van der Waals surface area (Å²) in [5, 5.41) is 23.6. The van der Waals surface area contributed by atoms with Gasteiger partial charge in [0.2, 0.25) is 0 Å². The summed E-state index contributed by atoms with van der Waals surface area (Å²) in [5.41, 5.74) is 0.876. The molecule has 0 aliphatic heterocycles. The van der Waals surface area contributed by atoms with Crippen molar-refractivity contribution in [1.82, 2.24) is 0 Å². The highest BCUT2D eigenvalue weighted by Gasteiger charge is 2.50. The van der Waals surface area contributed by atoms with Gasteiger partial charge in [0, 0.05) is 17.9 Å². The van der Waals surface area contributed by atoms with Crippen molar-refractivity contribution in [3.63, 3.8) is 0 Å². The highest BCUT2D eigenvalue weighted by atomic mass is 79.9. The minimum absolute atomic E-state index is 0.0839. The molecule has 4 rings (SSSR count). The number of hydrogen-bond acceptors (Lipinski definition) is 6. The highest BCUT2D eigenvalue weighted by molar-refractivity contribution is 9.11. The second kappa shape index (κ2) is 10.9. The van der Waals surface area contributed by atoms with Gasteiger partial charge in [-0.3, -0.25) is 0 Å². The molecule has 0 unspecified atom stereocenters. The Morgan fingerprint density at radius 1 is 1.17 bits per heavy atom. The fourth-order valence-electron chi connectivity index (χ4n) is 6.17. The van der Waals surface area contributed by atoms with Crippen molar-refractivity contribution in [1.29, 1.82) is 0 Å². The number of carbonyl (C=O) groups excluding carboxylic acids is 1. The number of phenolic OH excluding ortho intramolecular Hbond substituents is 1. The number of phenols is 1. The summed E-state index contributed by atoms with van der Waals surface area (Å²) in [6.07, 6.45) is 6.21. The second-order valence-electron chi connectivity index (χ2n) is 9.77. The first-order chi connectivity index (χ1) is 16.8. The molecule has 4 atom stereocenters. The summed E-state index contributed by atoms with van der Waals surface area (Å²) >= 11 is 6.73. The van der Waals surface area contributed by atoms with Crippen LogP contribution in [0.3, 0.4) is 0 Å². The third kappa shape index (κ3) is 5.24. The van der Waals surface area contributed by atoms with E-state index < -0.39 is 11.6 Å². The van der Waals surface area contributed by atoms with E-state index in [2.05, 4.69) is 61.3 Å². The monoisotopic (exact) mass is 607 g/mol. The van der Waals surface area contributed by atoms with Crippen molar-refractivity contribution < 1.29 is 24.6 Å². The number of halogens is 2. The number of ether oxygens (including phenoxy) is 2. The zero-order chi connectivity index (χ0) is 25.2.